The minimum Gasteiger partial charge on any atom is -0.341 e. The highest BCUT2D eigenvalue weighted by Crippen LogP contribution is 2.30. The van der Waals surface area contributed by atoms with Crippen molar-refractivity contribution in [1.29, 1.82) is 0 Å². The Balaban J connectivity index is 2.01. The molecule has 96 valence electrons. The summed E-state index contributed by atoms with van der Waals surface area (Å²) in [7, 11) is 0. The van der Waals surface area contributed by atoms with Crippen LogP contribution in [0.15, 0.2) is 40.8 Å². The van der Waals surface area contributed by atoms with E-state index in [0.29, 0.717) is 17.2 Å². The van der Waals surface area contributed by atoms with Crippen molar-refractivity contribution in [2.75, 3.05) is 0 Å². The quantitative estimate of drug-likeness (QED) is 0.715. The van der Waals surface area contributed by atoms with Crippen molar-refractivity contribution in [1.82, 2.24) is 19.9 Å². The van der Waals surface area contributed by atoms with Gasteiger partial charge in [0, 0.05) is 11.4 Å². The molecule has 0 radical (unpaired) electrons. The molecule has 0 unspecified atom stereocenters. The van der Waals surface area contributed by atoms with Gasteiger partial charge in [0.05, 0.1) is 6.33 Å². The van der Waals surface area contributed by atoms with Crippen molar-refractivity contribution in [2.45, 2.75) is 16.5 Å². The number of hydrogen-bond donors (Lipinski definition) is 2. The first-order valence-electron chi connectivity index (χ1n) is 5.58. The molecule has 3 N–H and O–H groups in total. The second-order valence-corrected chi connectivity index (χ2v) is 4.94. The van der Waals surface area contributed by atoms with E-state index in [9.17, 15) is 4.39 Å². The lowest BCUT2D eigenvalue weighted by Gasteiger charge is -2.04. The van der Waals surface area contributed by atoms with E-state index in [-0.39, 0.29) is 5.82 Å². The minimum absolute atomic E-state index is 0.300. The summed E-state index contributed by atoms with van der Waals surface area (Å²) in [5.41, 5.74) is 7.62. The fraction of sp³-hybridized carbons (Fsp3) is 0.0833. The molecule has 0 aliphatic carbocycles. The van der Waals surface area contributed by atoms with Gasteiger partial charge in [-0.2, -0.15) is 0 Å². The van der Waals surface area contributed by atoms with Crippen molar-refractivity contribution in [3.8, 4) is 0 Å². The lowest BCUT2D eigenvalue weighted by molar-refractivity contribution is 0.621. The third-order valence-corrected chi connectivity index (χ3v) is 3.54. The van der Waals surface area contributed by atoms with E-state index in [1.54, 1.807) is 6.33 Å². The number of halogens is 1. The molecule has 0 saturated heterocycles. The van der Waals surface area contributed by atoms with Crippen LogP contribution in [0.1, 0.15) is 5.56 Å². The molecule has 1 aromatic carbocycles. The highest BCUT2D eigenvalue weighted by Gasteiger charge is 2.09. The molecule has 0 bridgehead atoms. The molecule has 0 atom stereocenters. The van der Waals surface area contributed by atoms with Crippen LogP contribution in [0.2, 0.25) is 0 Å². The van der Waals surface area contributed by atoms with E-state index in [2.05, 4.69) is 19.9 Å². The van der Waals surface area contributed by atoms with Crippen LogP contribution < -0.4 is 5.73 Å². The van der Waals surface area contributed by atoms with Crippen LogP contribution >= 0.6 is 11.8 Å². The molecule has 2 aromatic heterocycles. The molecular formula is C12H10FN5S. The van der Waals surface area contributed by atoms with Gasteiger partial charge in [0.15, 0.2) is 5.65 Å². The largest absolute Gasteiger partial charge is 0.341 e. The van der Waals surface area contributed by atoms with Gasteiger partial charge in [-0.05, 0) is 23.8 Å². The first-order chi connectivity index (χ1) is 9.26. The number of aromatic amines is 1. The van der Waals surface area contributed by atoms with Crippen molar-refractivity contribution >= 4 is 22.9 Å². The van der Waals surface area contributed by atoms with Crippen molar-refractivity contribution in [3.63, 3.8) is 0 Å². The molecule has 0 amide bonds. The molecule has 19 heavy (non-hydrogen) atoms. The topological polar surface area (TPSA) is 80.5 Å². The Morgan fingerprint density at radius 3 is 2.95 bits per heavy atom. The standard InChI is InChI=1S/C12H10FN5S/c13-8-1-7(4-14)2-9(3-8)19-12-10-11(16-5-15-10)17-6-18-12/h1-3,5-6H,4,14H2,(H,15,16,17,18). The first kappa shape index (κ1) is 12.1. The van der Waals surface area contributed by atoms with Gasteiger partial charge < -0.3 is 10.7 Å². The number of imidazole rings is 1. The van der Waals surface area contributed by atoms with Crippen molar-refractivity contribution < 1.29 is 4.39 Å². The molecule has 5 nitrogen and oxygen atoms in total. The third kappa shape index (κ3) is 2.42. The van der Waals surface area contributed by atoms with Crippen LogP contribution in [0.5, 0.6) is 0 Å². The monoisotopic (exact) mass is 275 g/mol. The molecule has 0 aliphatic rings. The number of hydrogen-bond acceptors (Lipinski definition) is 5. The summed E-state index contributed by atoms with van der Waals surface area (Å²) in [6, 6.07) is 4.72. The van der Waals surface area contributed by atoms with E-state index in [4.69, 9.17) is 5.73 Å². The van der Waals surface area contributed by atoms with E-state index >= 15 is 0 Å². The zero-order chi connectivity index (χ0) is 13.2. The third-order valence-electron chi connectivity index (χ3n) is 2.57. The van der Waals surface area contributed by atoms with Crippen LogP contribution in [-0.2, 0) is 6.54 Å². The summed E-state index contributed by atoms with van der Waals surface area (Å²) in [5, 5.41) is 0.705. The summed E-state index contributed by atoms with van der Waals surface area (Å²) in [4.78, 5) is 16.0. The molecule has 0 saturated carbocycles. The number of benzene rings is 1. The maximum absolute atomic E-state index is 13.4. The van der Waals surface area contributed by atoms with Crippen LogP contribution in [0.25, 0.3) is 11.2 Å². The average molecular weight is 275 g/mol. The number of nitrogens with zero attached hydrogens (tertiary/aromatic N) is 3. The molecule has 7 heteroatoms. The SMILES string of the molecule is NCc1cc(F)cc(Sc2ncnc3nc[nH]c23)c1. The van der Waals surface area contributed by atoms with Gasteiger partial charge in [-0.15, -0.1) is 0 Å². The molecule has 0 fully saturated rings. The van der Waals surface area contributed by atoms with E-state index < -0.39 is 0 Å². The normalized spacial score (nSPS) is 11.1. The van der Waals surface area contributed by atoms with Gasteiger partial charge >= 0.3 is 0 Å². The predicted octanol–water partition coefficient (Wildman–Crippen LogP) is 2.10. The number of rotatable bonds is 3. The summed E-state index contributed by atoms with van der Waals surface area (Å²) in [6.45, 7) is 0.300. The Kier molecular flexibility index (Phi) is 3.14. The zero-order valence-electron chi connectivity index (χ0n) is 9.80. The Morgan fingerprint density at radius 1 is 1.21 bits per heavy atom. The summed E-state index contributed by atoms with van der Waals surface area (Å²) in [5.74, 6) is -0.305. The smallest absolute Gasteiger partial charge is 0.181 e. The van der Waals surface area contributed by atoms with E-state index in [0.717, 1.165) is 16.0 Å². The second-order valence-electron chi connectivity index (χ2n) is 3.88. The predicted molar refractivity (Wildman–Crippen MR) is 70.1 cm³/mol. The van der Waals surface area contributed by atoms with Crippen LogP contribution in [0, 0.1) is 5.82 Å². The van der Waals surface area contributed by atoms with Gasteiger partial charge in [0.25, 0.3) is 0 Å². The number of aromatic nitrogens is 4. The summed E-state index contributed by atoms with van der Waals surface area (Å²) >= 11 is 1.35. The highest BCUT2D eigenvalue weighted by atomic mass is 32.2. The molecule has 0 aliphatic heterocycles. The minimum atomic E-state index is -0.305. The molecule has 0 spiro atoms. The maximum atomic E-state index is 13.4. The number of nitrogens with one attached hydrogen (secondary N) is 1. The molecular weight excluding hydrogens is 265 g/mol. The molecule has 3 rings (SSSR count). The Morgan fingerprint density at radius 2 is 2.11 bits per heavy atom. The van der Waals surface area contributed by atoms with Crippen molar-refractivity contribution in [2.24, 2.45) is 5.73 Å². The van der Waals surface area contributed by atoms with Crippen LogP contribution in [0.4, 0.5) is 4.39 Å². The first-order valence-corrected chi connectivity index (χ1v) is 6.39. The number of fused-ring (bicyclic) bond motifs is 1. The number of H-pyrrole nitrogens is 1. The summed E-state index contributed by atoms with van der Waals surface area (Å²) in [6.07, 6.45) is 2.99. The lowest BCUT2D eigenvalue weighted by Crippen LogP contribution is -1.97. The second kappa shape index (κ2) is 4.94. The van der Waals surface area contributed by atoms with Gasteiger partial charge in [-0.25, -0.2) is 19.3 Å². The van der Waals surface area contributed by atoms with Crippen molar-refractivity contribution in [3.05, 3.63) is 42.2 Å². The van der Waals surface area contributed by atoms with Gasteiger partial charge in [-0.3, -0.25) is 0 Å². The lowest BCUT2D eigenvalue weighted by atomic mass is 10.2. The fourth-order valence-electron chi connectivity index (χ4n) is 1.73. The van der Waals surface area contributed by atoms with E-state index in [1.165, 1.54) is 30.2 Å². The Bertz CT molecular complexity index is 727. The molecule has 3 aromatic rings. The Hall–Kier alpha value is -1.99. The average Bonchev–Trinajstić information content (AvgIpc) is 2.87. The van der Waals surface area contributed by atoms with Gasteiger partial charge in [0.2, 0.25) is 0 Å². The maximum Gasteiger partial charge on any atom is 0.181 e. The van der Waals surface area contributed by atoms with Crippen LogP contribution in [-0.4, -0.2) is 19.9 Å². The van der Waals surface area contributed by atoms with Gasteiger partial charge in [0.1, 0.15) is 22.7 Å². The highest BCUT2D eigenvalue weighted by molar-refractivity contribution is 7.99. The number of nitrogens with two attached hydrogens (primary N) is 1. The van der Waals surface area contributed by atoms with Crippen LogP contribution in [0.3, 0.4) is 0 Å². The zero-order valence-corrected chi connectivity index (χ0v) is 10.6. The fourth-order valence-corrected chi connectivity index (χ4v) is 2.69. The Labute approximate surface area is 112 Å². The van der Waals surface area contributed by atoms with E-state index in [1.807, 2.05) is 6.07 Å². The van der Waals surface area contributed by atoms with Gasteiger partial charge in [-0.1, -0.05) is 11.8 Å². The molecule has 2 heterocycles. The summed E-state index contributed by atoms with van der Waals surface area (Å²) < 4.78 is 13.4.